The molecular weight excluding hydrogens is 343 g/mol. The zero-order chi connectivity index (χ0) is 15.6. The van der Waals surface area contributed by atoms with Crippen molar-refractivity contribution >= 4 is 21.6 Å². The standard InChI is InChI=1S/C14H8BrFN2O3/c1-8-4-14(11(16)6-12(8)18(19)20)21-13-3-2-10(15)5-9(13)7-17/h2-6H,1H3. The quantitative estimate of drug-likeness (QED) is 0.604. The number of nitriles is 1. The van der Waals surface area contributed by atoms with Crippen LogP contribution >= 0.6 is 15.9 Å². The molecule has 0 bridgehead atoms. The van der Waals surface area contributed by atoms with Gasteiger partial charge in [0, 0.05) is 10.0 Å². The normalized spacial score (nSPS) is 10.0. The summed E-state index contributed by atoms with van der Waals surface area (Å²) in [5, 5.41) is 19.8. The highest BCUT2D eigenvalue weighted by atomic mass is 79.9. The van der Waals surface area contributed by atoms with Gasteiger partial charge in [0.05, 0.1) is 16.6 Å². The van der Waals surface area contributed by atoms with Gasteiger partial charge in [0.25, 0.3) is 5.69 Å². The second kappa shape index (κ2) is 5.89. The first-order valence-corrected chi connectivity index (χ1v) is 6.53. The second-order valence-corrected chi connectivity index (χ2v) is 5.10. The first kappa shape index (κ1) is 14.9. The van der Waals surface area contributed by atoms with Crippen molar-refractivity contribution in [3.63, 3.8) is 0 Å². The van der Waals surface area contributed by atoms with Gasteiger partial charge in [-0.15, -0.1) is 0 Å². The number of nitro benzene ring substituents is 1. The fourth-order valence-electron chi connectivity index (χ4n) is 1.72. The zero-order valence-electron chi connectivity index (χ0n) is 10.8. The van der Waals surface area contributed by atoms with Crippen molar-refractivity contribution in [2.75, 3.05) is 0 Å². The van der Waals surface area contributed by atoms with Crippen LogP contribution in [0.3, 0.4) is 0 Å². The number of aryl methyl sites for hydroxylation is 1. The highest BCUT2D eigenvalue weighted by Crippen LogP contribution is 2.32. The van der Waals surface area contributed by atoms with Crippen LogP contribution in [0.2, 0.25) is 0 Å². The van der Waals surface area contributed by atoms with Crippen molar-refractivity contribution < 1.29 is 14.1 Å². The molecule has 0 N–H and O–H groups in total. The first-order chi connectivity index (χ1) is 9.92. The molecule has 2 aromatic carbocycles. The van der Waals surface area contributed by atoms with Gasteiger partial charge in [-0.1, -0.05) is 15.9 Å². The van der Waals surface area contributed by atoms with Gasteiger partial charge in [-0.2, -0.15) is 5.26 Å². The molecule has 0 fully saturated rings. The molecule has 0 aliphatic carbocycles. The van der Waals surface area contributed by atoms with Gasteiger partial charge < -0.3 is 4.74 Å². The Kier molecular flexibility index (Phi) is 4.19. The van der Waals surface area contributed by atoms with Crippen LogP contribution in [0.5, 0.6) is 11.5 Å². The van der Waals surface area contributed by atoms with E-state index in [1.807, 2.05) is 6.07 Å². The zero-order valence-corrected chi connectivity index (χ0v) is 12.3. The third-order valence-corrected chi connectivity index (χ3v) is 3.22. The third kappa shape index (κ3) is 3.17. The lowest BCUT2D eigenvalue weighted by Crippen LogP contribution is -1.96. The van der Waals surface area contributed by atoms with Crippen molar-refractivity contribution in [3.05, 3.63) is 61.9 Å². The van der Waals surface area contributed by atoms with E-state index >= 15 is 0 Å². The molecule has 106 valence electrons. The second-order valence-electron chi connectivity index (χ2n) is 4.18. The van der Waals surface area contributed by atoms with Crippen LogP contribution in [0.4, 0.5) is 10.1 Å². The molecule has 0 atom stereocenters. The van der Waals surface area contributed by atoms with Gasteiger partial charge in [0.15, 0.2) is 11.6 Å². The summed E-state index contributed by atoms with van der Waals surface area (Å²) in [5.41, 5.74) is 0.169. The Bertz CT molecular complexity index is 772. The summed E-state index contributed by atoms with van der Waals surface area (Å²) in [6.07, 6.45) is 0. The summed E-state index contributed by atoms with van der Waals surface area (Å²) < 4.78 is 19.9. The number of hydrogen-bond donors (Lipinski definition) is 0. The molecule has 2 rings (SSSR count). The Labute approximate surface area is 127 Å². The molecule has 0 spiro atoms. The number of ether oxygens (including phenoxy) is 1. The van der Waals surface area contributed by atoms with Gasteiger partial charge in [-0.3, -0.25) is 10.1 Å². The van der Waals surface area contributed by atoms with E-state index in [1.165, 1.54) is 25.1 Å². The number of hydrogen-bond acceptors (Lipinski definition) is 4. The molecule has 0 heterocycles. The number of rotatable bonds is 3. The number of benzene rings is 2. The lowest BCUT2D eigenvalue weighted by atomic mass is 10.2. The lowest BCUT2D eigenvalue weighted by Gasteiger charge is -2.09. The smallest absolute Gasteiger partial charge is 0.275 e. The van der Waals surface area contributed by atoms with Crippen LogP contribution in [-0.2, 0) is 0 Å². The van der Waals surface area contributed by atoms with Crippen LogP contribution in [0.1, 0.15) is 11.1 Å². The van der Waals surface area contributed by atoms with Crippen molar-refractivity contribution in [2.24, 2.45) is 0 Å². The Hall–Kier alpha value is -2.46. The minimum Gasteiger partial charge on any atom is -0.453 e. The molecule has 0 aliphatic heterocycles. The average Bonchev–Trinajstić information content (AvgIpc) is 2.43. The minimum atomic E-state index is -0.862. The number of nitro groups is 1. The van der Waals surface area contributed by atoms with Gasteiger partial charge in [0.1, 0.15) is 11.8 Å². The summed E-state index contributed by atoms with van der Waals surface area (Å²) in [5.74, 6) is -0.858. The third-order valence-electron chi connectivity index (χ3n) is 2.73. The van der Waals surface area contributed by atoms with Crippen LogP contribution in [0.15, 0.2) is 34.8 Å². The molecule has 21 heavy (non-hydrogen) atoms. The Morgan fingerprint density at radius 2 is 2.05 bits per heavy atom. The maximum atomic E-state index is 13.9. The van der Waals surface area contributed by atoms with Crippen molar-refractivity contribution in [2.45, 2.75) is 6.92 Å². The van der Waals surface area contributed by atoms with E-state index in [9.17, 15) is 14.5 Å². The molecule has 0 radical (unpaired) electrons. The monoisotopic (exact) mass is 350 g/mol. The average molecular weight is 351 g/mol. The maximum absolute atomic E-state index is 13.9. The SMILES string of the molecule is Cc1cc(Oc2ccc(Br)cc2C#N)c(F)cc1[N+](=O)[O-]. The van der Waals surface area contributed by atoms with E-state index in [0.29, 0.717) is 4.47 Å². The topological polar surface area (TPSA) is 76.2 Å². The van der Waals surface area contributed by atoms with E-state index in [4.69, 9.17) is 10.00 Å². The highest BCUT2D eigenvalue weighted by molar-refractivity contribution is 9.10. The van der Waals surface area contributed by atoms with Gasteiger partial charge >= 0.3 is 0 Å². The summed E-state index contributed by atoms with van der Waals surface area (Å²) in [6.45, 7) is 1.48. The number of nitrogens with zero attached hydrogens (tertiary/aromatic N) is 2. The molecule has 0 saturated carbocycles. The largest absolute Gasteiger partial charge is 0.453 e. The Morgan fingerprint density at radius 3 is 2.67 bits per heavy atom. The van der Waals surface area contributed by atoms with E-state index < -0.39 is 10.7 Å². The first-order valence-electron chi connectivity index (χ1n) is 5.74. The highest BCUT2D eigenvalue weighted by Gasteiger charge is 2.17. The van der Waals surface area contributed by atoms with Crippen LogP contribution in [0.25, 0.3) is 0 Å². The fourth-order valence-corrected chi connectivity index (χ4v) is 2.08. The molecule has 0 aromatic heterocycles. The van der Waals surface area contributed by atoms with Gasteiger partial charge in [-0.05, 0) is 31.2 Å². The Morgan fingerprint density at radius 1 is 1.33 bits per heavy atom. The molecule has 5 nitrogen and oxygen atoms in total. The van der Waals surface area contributed by atoms with E-state index in [0.717, 1.165) is 6.07 Å². The Balaban J connectivity index is 2.44. The van der Waals surface area contributed by atoms with Crippen molar-refractivity contribution in [3.8, 4) is 17.6 Å². The summed E-state index contributed by atoms with van der Waals surface area (Å²) in [6, 6.07) is 8.66. The maximum Gasteiger partial charge on any atom is 0.275 e. The molecule has 0 unspecified atom stereocenters. The summed E-state index contributed by atoms with van der Waals surface area (Å²) in [7, 11) is 0. The molecule has 0 saturated heterocycles. The molecule has 2 aromatic rings. The molecule has 7 heteroatoms. The minimum absolute atomic E-state index is 0.170. The van der Waals surface area contributed by atoms with Crippen molar-refractivity contribution in [1.29, 1.82) is 5.26 Å². The van der Waals surface area contributed by atoms with Gasteiger partial charge in [-0.25, -0.2) is 4.39 Å². The summed E-state index contributed by atoms with van der Waals surface area (Å²) >= 11 is 3.22. The van der Waals surface area contributed by atoms with E-state index in [2.05, 4.69) is 15.9 Å². The predicted octanol–water partition coefficient (Wildman–Crippen LogP) is 4.47. The van der Waals surface area contributed by atoms with Crippen LogP contribution < -0.4 is 4.74 Å². The van der Waals surface area contributed by atoms with Gasteiger partial charge in [0.2, 0.25) is 0 Å². The number of halogens is 2. The molecular formula is C14H8BrFN2O3. The lowest BCUT2D eigenvalue weighted by molar-refractivity contribution is -0.385. The van der Waals surface area contributed by atoms with E-state index in [1.54, 1.807) is 6.07 Å². The predicted molar refractivity (Wildman–Crippen MR) is 76.7 cm³/mol. The summed E-state index contributed by atoms with van der Waals surface area (Å²) in [4.78, 5) is 10.1. The molecule has 0 amide bonds. The van der Waals surface area contributed by atoms with Crippen LogP contribution in [-0.4, -0.2) is 4.92 Å². The van der Waals surface area contributed by atoms with E-state index in [-0.39, 0.29) is 28.3 Å². The molecule has 0 aliphatic rings. The fraction of sp³-hybridized carbons (Fsp3) is 0.0714. The van der Waals surface area contributed by atoms with Crippen molar-refractivity contribution in [1.82, 2.24) is 0 Å². The van der Waals surface area contributed by atoms with Crippen LogP contribution in [0, 0.1) is 34.2 Å².